The van der Waals surface area contributed by atoms with Crippen LogP contribution in [0, 0.1) is 0 Å². The molecule has 0 spiro atoms. The van der Waals surface area contributed by atoms with Crippen LogP contribution in [-0.4, -0.2) is 18.3 Å². The molecule has 2 atom stereocenters. The number of halogens is 1. The predicted molar refractivity (Wildman–Crippen MR) is 62.1 cm³/mol. The normalized spacial score (nSPS) is 23.6. The van der Waals surface area contributed by atoms with Crippen molar-refractivity contribution in [2.24, 2.45) is 0 Å². The number of aliphatic hydroxyl groups is 1. The standard InChI is InChI=1S/C13H18FNO/c1-9-10-4-3-5-12(13(2,16)8-14)11(10)6-7-15-9/h3-5,9,15-16H,6-8H2,1-2H3/t9-,13+/m0/s1. The lowest BCUT2D eigenvalue weighted by molar-refractivity contribution is 0.0289. The van der Waals surface area contributed by atoms with Gasteiger partial charge < -0.3 is 10.4 Å². The molecule has 0 aromatic heterocycles. The van der Waals surface area contributed by atoms with Crippen molar-refractivity contribution in [2.45, 2.75) is 31.9 Å². The summed E-state index contributed by atoms with van der Waals surface area (Å²) in [6.45, 7) is 3.76. The van der Waals surface area contributed by atoms with Crippen molar-refractivity contribution in [1.29, 1.82) is 0 Å². The van der Waals surface area contributed by atoms with Crippen LogP contribution in [0.25, 0.3) is 0 Å². The van der Waals surface area contributed by atoms with E-state index in [9.17, 15) is 9.50 Å². The molecular weight excluding hydrogens is 205 g/mol. The second-order valence-corrected chi connectivity index (χ2v) is 4.71. The summed E-state index contributed by atoms with van der Waals surface area (Å²) in [7, 11) is 0. The van der Waals surface area contributed by atoms with Crippen LogP contribution in [0.3, 0.4) is 0 Å². The molecular formula is C13H18FNO. The molecule has 0 saturated carbocycles. The van der Waals surface area contributed by atoms with Gasteiger partial charge in [-0.2, -0.15) is 0 Å². The van der Waals surface area contributed by atoms with Crippen molar-refractivity contribution in [3.8, 4) is 0 Å². The molecule has 0 unspecified atom stereocenters. The average molecular weight is 223 g/mol. The van der Waals surface area contributed by atoms with Crippen LogP contribution in [0.1, 0.15) is 36.6 Å². The van der Waals surface area contributed by atoms with Gasteiger partial charge in [-0.3, -0.25) is 0 Å². The maximum Gasteiger partial charge on any atom is 0.122 e. The molecule has 1 heterocycles. The Balaban J connectivity index is 2.52. The summed E-state index contributed by atoms with van der Waals surface area (Å²) in [5, 5.41) is 13.4. The molecule has 16 heavy (non-hydrogen) atoms. The first-order valence-corrected chi connectivity index (χ1v) is 5.70. The van der Waals surface area contributed by atoms with E-state index in [4.69, 9.17) is 0 Å². The summed E-state index contributed by atoms with van der Waals surface area (Å²) in [6.07, 6.45) is 0.853. The first-order chi connectivity index (χ1) is 7.56. The molecule has 0 bridgehead atoms. The van der Waals surface area contributed by atoms with E-state index in [0.29, 0.717) is 0 Å². The maximum atomic E-state index is 12.9. The number of rotatable bonds is 2. The van der Waals surface area contributed by atoms with Crippen molar-refractivity contribution < 1.29 is 9.50 Å². The third-order valence-electron chi connectivity index (χ3n) is 3.34. The summed E-state index contributed by atoms with van der Waals surface area (Å²) in [4.78, 5) is 0. The fourth-order valence-corrected chi connectivity index (χ4v) is 2.39. The molecule has 2 nitrogen and oxygen atoms in total. The highest BCUT2D eigenvalue weighted by Gasteiger charge is 2.29. The highest BCUT2D eigenvalue weighted by molar-refractivity contribution is 5.41. The largest absolute Gasteiger partial charge is 0.383 e. The van der Waals surface area contributed by atoms with Gasteiger partial charge in [-0.15, -0.1) is 0 Å². The minimum absolute atomic E-state index is 0.277. The van der Waals surface area contributed by atoms with E-state index < -0.39 is 12.3 Å². The monoisotopic (exact) mass is 223 g/mol. The summed E-state index contributed by atoms with van der Waals surface area (Å²) in [6, 6.07) is 6.04. The van der Waals surface area contributed by atoms with E-state index in [-0.39, 0.29) is 6.04 Å². The number of fused-ring (bicyclic) bond motifs is 1. The SMILES string of the molecule is C[C@@H]1NCCc2c1cccc2[C@](C)(O)CF. The summed E-state index contributed by atoms with van der Waals surface area (Å²) < 4.78 is 12.9. The number of benzene rings is 1. The quantitative estimate of drug-likeness (QED) is 0.804. The molecule has 1 aromatic carbocycles. The topological polar surface area (TPSA) is 32.3 Å². The van der Waals surface area contributed by atoms with Crippen LogP contribution in [0.4, 0.5) is 4.39 Å². The Morgan fingerprint density at radius 3 is 3.00 bits per heavy atom. The average Bonchev–Trinajstić information content (AvgIpc) is 2.29. The van der Waals surface area contributed by atoms with Gasteiger partial charge in [0.15, 0.2) is 0 Å². The lowest BCUT2D eigenvalue weighted by Gasteiger charge is -2.30. The third kappa shape index (κ3) is 1.85. The Hall–Kier alpha value is -0.930. The minimum atomic E-state index is -1.36. The van der Waals surface area contributed by atoms with E-state index in [1.54, 1.807) is 0 Å². The van der Waals surface area contributed by atoms with Gasteiger partial charge in [0.2, 0.25) is 0 Å². The summed E-state index contributed by atoms with van der Waals surface area (Å²) in [5.74, 6) is 0. The van der Waals surface area contributed by atoms with E-state index >= 15 is 0 Å². The first kappa shape index (κ1) is 11.6. The fourth-order valence-electron chi connectivity index (χ4n) is 2.39. The van der Waals surface area contributed by atoms with Gasteiger partial charge >= 0.3 is 0 Å². The molecule has 0 amide bonds. The highest BCUT2D eigenvalue weighted by atomic mass is 19.1. The second kappa shape index (κ2) is 4.15. The van der Waals surface area contributed by atoms with Crippen LogP contribution in [0.5, 0.6) is 0 Å². The summed E-state index contributed by atoms with van der Waals surface area (Å²) >= 11 is 0. The third-order valence-corrected chi connectivity index (χ3v) is 3.34. The van der Waals surface area contributed by atoms with Gasteiger partial charge in [0, 0.05) is 6.04 Å². The first-order valence-electron chi connectivity index (χ1n) is 5.70. The van der Waals surface area contributed by atoms with E-state index in [0.717, 1.165) is 24.1 Å². The molecule has 3 heteroatoms. The molecule has 0 radical (unpaired) electrons. The van der Waals surface area contributed by atoms with E-state index in [1.807, 2.05) is 18.2 Å². The maximum absolute atomic E-state index is 12.9. The molecule has 2 N–H and O–H groups in total. The Morgan fingerprint density at radius 2 is 2.31 bits per heavy atom. The van der Waals surface area contributed by atoms with Crippen LogP contribution in [0.15, 0.2) is 18.2 Å². The molecule has 1 aliphatic heterocycles. The lowest BCUT2D eigenvalue weighted by atomic mass is 9.84. The van der Waals surface area contributed by atoms with Gasteiger partial charge in [0.05, 0.1) is 0 Å². The zero-order valence-corrected chi connectivity index (χ0v) is 9.76. The number of hydrogen-bond acceptors (Lipinski definition) is 2. The van der Waals surface area contributed by atoms with Crippen molar-refractivity contribution in [3.05, 3.63) is 34.9 Å². The minimum Gasteiger partial charge on any atom is -0.383 e. The zero-order valence-electron chi connectivity index (χ0n) is 9.76. The molecule has 1 aromatic rings. The van der Waals surface area contributed by atoms with Gasteiger partial charge in [-0.25, -0.2) is 4.39 Å². The lowest BCUT2D eigenvalue weighted by Crippen LogP contribution is -2.32. The van der Waals surface area contributed by atoms with Crippen LogP contribution < -0.4 is 5.32 Å². The van der Waals surface area contributed by atoms with Gasteiger partial charge in [0.1, 0.15) is 12.3 Å². The molecule has 88 valence electrons. The molecule has 0 fully saturated rings. The van der Waals surface area contributed by atoms with E-state index in [2.05, 4.69) is 12.2 Å². The predicted octanol–water partition coefficient (Wildman–Crippen LogP) is 2.07. The van der Waals surface area contributed by atoms with Crippen LogP contribution in [0.2, 0.25) is 0 Å². The van der Waals surface area contributed by atoms with Crippen LogP contribution in [-0.2, 0) is 12.0 Å². The van der Waals surface area contributed by atoms with Gasteiger partial charge in [0.25, 0.3) is 0 Å². The Kier molecular flexibility index (Phi) is 3.00. The van der Waals surface area contributed by atoms with Gasteiger partial charge in [-0.05, 0) is 43.5 Å². The summed E-state index contributed by atoms with van der Waals surface area (Å²) in [5.41, 5.74) is 1.66. The Labute approximate surface area is 95.5 Å². The number of alkyl halides is 1. The number of nitrogens with one attached hydrogen (secondary N) is 1. The smallest absolute Gasteiger partial charge is 0.122 e. The number of hydrogen-bond donors (Lipinski definition) is 2. The van der Waals surface area contributed by atoms with E-state index in [1.165, 1.54) is 12.5 Å². The van der Waals surface area contributed by atoms with Crippen molar-refractivity contribution >= 4 is 0 Å². The van der Waals surface area contributed by atoms with Crippen molar-refractivity contribution in [2.75, 3.05) is 13.2 Å². The van der Waals surface area contributed by atoms with Crippen molar-refractivity contribution in [1.82, 2.24) is 5.32 Å². The molecule has 2 rings (SSSR count). The molecule has 0 saturated heterocycles. The molecule has 1 aliphatic rings. The zero-order chi connectivity index (χ0) is 11.8. The van der Waals surface area contributed by atoms with Crippen molar-refractivity contribution in [3.63, 3.8) is 0 Å². The fraction of sp³-hybridized carbons (Fsp3) is 0.538. The highest BCUT2D eigenvalue weighted by Crippen LogP contribution is 2.32. The second-order valence-electron chi connectivity index (χ2n) is 4.71. The Bertz CT molecular complexity index is 390. The molecule has 0 aliphatic carbocycles. The van der Waals surface area contributed by atoms with Crippen LogP contribution >= 0.6 is 0 Å². The Morgan fingerprint density at radius 1 is 1.56 bits per heavy atom. The van der Waals surface area contributed by atoms with Gasteiger partial charge in [-0.1, -0.05) is 18.2 Å².